The number of carbonyl (C=O) groups is 1. The maximum atomic E-state index is 12.8. The monoisotopic (exact) mass is 226 g/mol. The van der Waals surface area contributed by atoms with Gasteiger partial charge in [0.2, 0.25) is 0 Å². The number of carbonyl (C=O) groups excluding carboxylic acids is 1. The molecule has 0 saturated heterocycles. The molecule has 0 aromatic heterocycles. The van der Waals surface area contributed by atoms with Crippen LogP contribution in [0.2, 0.25) is 0 Å². The van der Waals surface area contributed by atoms with Crippen LogP contribution in [0.5, 0.6) is 0 Å². The Hall–Kier alpha value is -1.96. The summed E-state index contributed by atoms with van der Waals surface area (Å²) >= 11 is 0. The van der Waals surface area contributed by atoms with Crippen LogP contribution in [0.3, 0.4) is 0 Å². The van der Waals surface area contributed by atoms with E-state index in [1.807, 2.05) is 12.1 Å². The van der Waals surface area contributed by atoms with Crippen molar-refractivity contribution in [2.45, 2.75) is 12.8 Å². The molecule has 1 nitrogen and oxygen atoms in total. The molecular weight excluding hydrogens is 215 g/mol. The van der Waals surface area contributed by atoms with Crippen LogP contribution < -0.4 is 0 Å². The SMILES string of the molecule is O=C(c1ccc(F)cc1)c1cccc2c1CC2. The normalized spacial score (nSPS) is 12.8. The van der Waals surface area contributed by atoms with Gasteiger partial charge >= 0.3 is 0 Å². The highest BCUT2D eigenvalue weighted by Gasteiger charge is 2.21. The molecule has 3 rings (SSSR count). The molecule has 0 N–H and O–H groups in total. The van der Waals surface area contributed by atoms with E-state index in [1.165, 1.54) is 29.8 Å². The predicted molar refractivity (Wildman–Crippen MR) is 63.7 cm³/mol. The second-order valence-corrected chi connectivity index (χ2v) is 4.28. The molecule has 2 heteroatoms. The molecule has 0 aliphatic heterocycles. The van der Waals surface area contributed by atoms with Gasteiger partial charge in [-0.25, -0.2) is 4.39 Å². The number of aryl methyl sites for hydroxylation is 1. The Kier molecular flexibility index (Phi) is 2.29. The second-order valence-electron chi connectivity index (χ2n) is 4.28. The minimum Gasteiger partial charge on any atom is -0.289 e. The zero-order valence-electron chi connectivity index (χ0n) is 9.24. The molecule has 2 aromatic carbocycles. The van der Waals surface area contributed by atoms with Gasteiger partial charge in [0.25, 0.3) is 0 Å². The van der Waals surface area contributed by atoms with Gasteiger partial charge in [0.15, 0.2) is 5.78 Å². The van der Waals surface area contributed by atoms with Crippen LogP contribution in [-0.2, 0) is 12.8 Å². The van der Waals surface area contributed by atoms with Crippen molar-refractivity contribution in [3.63, 3.8) is 0 Å². The van der Waals surface area contributed by atoms with Gasteiger partial charge in [-0.1, -0.05) is 18.2 Å². The molecule has 0 radical (unpaired) electrons. The molecule has 0 heterocycles. The van der Waals surface area contributed by atoms with Gasteiger partial charge in [-0.15, -0.1) is 0 Å². The Morgan fingerprint density at radius 1 is 1.00 bits per heavy atom. The molecule has 0 amide bonds. The van der Waals surface area contributed by atoms with Crippen molar-refractivity contribution in [1.82, 2.24) is 0 Å². The standard InChI is InChI=1S/C15H11FO/c16-12-7-4-11(5-8-12)15(17)14-3-1-2-10-6-9-13(10)14/h1-5,7-8H,6,9H2. The maximum absolute atomic E-state index is 12.8. The number of hydrogen-bond acceptors (Lipinski definition) is 1. The van der Waals surface area contributed by atoms with E-state index in [0.29, 0.717) is 5.56 Å². The number of fused-ring (bicyclic) bond motifs is 1. The first-order valence-electron chi connectivity index (χ1n) is 5.67. The molecule has 0 fully saturated rings. The van der Waals surface area contributed by atoms with Crippen LogP contribution in [0.15, 0.2) is 42.5 Å². The van der Waals surface area contributed by atoms with E-state index in [2.05, 4.69) is 6.07 Å². The lowest BCUT2D eigenvalue weighted by Gasteiger charge is -2.21. The van der Waals surface area contributed by atoms with E-state index in [9.17, 15) is 9.18 Å². The summed E-state index contributed by atoms with van der Waals surface area (Å²) in [4.78, 5) is 12.2. The quantitative estimate of drug-likeness (QED) is 0.719. The minimum absolute atomic E-state index is 0.0125. The Morgan fingerprint density at radius 2 is 1.76 bits per heavy atom. The maximum Gasteiger partial charge on any atom is 0.193 e. The van der Waals surface area contributed by atoms with E-state index in [1.54, 1.807) is 0 Å². The zero-order chi connectivity index (χ0) is 11.8. The third-order valence-corrected chi connectivity index (χ3v) is 3.27. The first-order valence-corrected chi connectivity index (χ1v) is 5.67. The second kappa shape index (κ2) is 3.81. The molecule has 0 bridgehead atoms. The average molecular weight is 226 g/mol. The molecular formula is C15H11FO. The molecule has 0 spiro atoms. The van der Waals surface area contributed by atoms with Crippen molar-refractivity contribution in [3.05, 3.63) is 70.5 Å². The lowest BCUT2D eigenvalue weighted by Crippen LogP contribution is -2.15. The van der Waals surface area contributed by atoms with E-state index in [4.69, 9.17) is 0 Å². The van der Waals surface area contributed by atoms with Crippen molar-refractivity contribution in [2.24, 2.45) is 0 Å². The third-order valence-electron chi connectivity index (χ3n) is 3.27. The van der Waals surface area contributed by atoms with Crippen molar-refractivity contribution in [2.75, 3.05) is 0 Å². The molecule has 84 valence electrons. The number of ketones is 1. The molecule has 2 aromatic rings. The predicted octanol–water partition coefficient (Wildman–Crippen LogP) is 3.16. The summed E-state index contributed by atoms with van der Waals surface area (Å²) in [6, 6.07) is 11.5. The van der Waals surface area contributed by atoms with Crippen LogP contribution in [0.25, 0.3) is 0 Å². The van der Waals surface area contributed by atoms with Crippen molar-refractivity contribution < 1.29 is 9.18 Å². The van der Waals surface area contributed by atoms with Crippen molar-refractivity contribution >= 4 is 5.78 Å². The van der Waals surface area contributed by atoms with Crippen LogP contribution in [0.1, 0.15) is 27.0 Å². The summed E-state index contributed by atoms with van der Waals surface area (Å²) in [6.07, 6.45) is 2.03. The molecule has 17 heavy (non-hydrogen) atoms. The zero-order valence-corrected chi connectivity index (χ0v) is 9.24. The van der Waals surface area contributed by atoms with E-state index < -0.39 is 0 Å². The summed E-state index contributed by atoms with van der Waals surface area (Å²) in [5.74, 6) is -0.329. The van der Waals surface area contributed by atoms with Crippen molar-refractivity contribution in [1.29, 1.82) is 0 Å². The smallest absolute Gasteiger partial charge is 0.193 e. The fraction of sp³-hybridized carbons (Fsp3) is 0.133. The summed E-state index contributed by atoms with van der Waals surface area (Å²) in [5, 5.41) is 0. The van der Waals surface area contributed by atoms with E-state index in [0.717, 1.165) is 24.0 Å². The summed E-state index contributed by atoms with van der Waals surface area (Å²) in [6.45, 7) is 0. The first kappa shape index (κ1) is 10.2. The van der Waals surface area contributed by atoms with Gasteiger partial charge in [-0.3, -0.25) is 4.79 Å². The number of benzene rings is 2. The third kappa shape index (κ3) is 1.66. The lowest BCUT2D eigenvalue weighted by atomic mass is 9.82. The van der Waals surface area contributed by atoms with E-state index in [-0.39, 0.29) is 11.6 Å². The van der Waals surface area contributed by atoms with E-state index >= 15 is 0 Å². The molecule has 1 aliphatic carbocycles. The molecule has 0 atom stereocenters. The largest absolute Gasteiger partial charge is 0.289 e. The minimum atomic E-state index is -0.317. The highest BCUT2D eigenvalue weighted by molar-refractivity contribution is 6.10. The first-order chi connectivity index (χ1) is 8.25. The lowest BCUT2D eigenvalue weighted by molar-refractivity contribution is 0.103. The van der Waals surface area contributed by atoms with Crippen LogP contribution in [0, 0.1) is 5.82 Å². The summed E-state index contributed by atoms with van der Waals surface area (Å²) < 4.78 is 12.8. The fourth-order valence-corrected chi connectivity index (χ4v) is 2.22. The van der Waals surface area contributed by atoms with Gasteiger partial charge in [-0.2, -0.15) is 0 Å². The number of halogens is 1. The highest BCUT2D eigenvalue weighted by Crippen LogP contribution is 2.27. The van der Waals surface area contributed by atoms with Crippen LogP contribution >= 0.6 is 0 Å². The number of rotatable bonds is 2. The Bertz CT molecular complexity index is 584. The Labute approximate surface area is 98.9 Å². The highest BCUT2D eigenvalue weighted by atomic mass is 19.1. The van der Waals surface area contributed by atoms with Crippen LogP contribution in [0.4, 0.5) is 4.39 Å². The van der Waals surface area contributed by atoms with Crippen LogP contribution in [-0.4, -0.2) is 5.78 Å². The van der Waals surface area contributed by atoms with Crippen molar-refractivity contribution in [3.8, 4) is 0 Å². The average Bonchev–Trinajstić information content (AvgIpc) is 2.30. The summed E-state index contributed by atoms with van der Waals surface area (Å²) in [5.41, 5.74) is 3.73. The topological polar surface area (TPSA) is 17.1 Å². The van der Waals surface area contributed by atoms with Gasteiger partial charge in [-0.05, 0) is 48.2 Å². The summed E-state index contributed by atoms with van der Waals surface area (Å²) in [7, 11) is 0. The van der Waals surface area contributed by atoms with Gasteiger partial charge < -0.3 is 0 Å². The van der Waals surface area contributed by atoms with Gasteiger partial charge in [0.1, 0.15) is 5.82 Å². The molecule has 0 unspecified atom stereocenters. The Balaban J connectivity index is 2.02. The fourth-order valence-electron chi connectivity index (χ4n) is 2.22. The molecule has 0 saturated carbocycles. The Morgan fingerprint density at radius 3 is 2.41 bits per heavy atom. The van der Waals surface area contributed by atoms with Gasteiger partial charge in [0.05, 0.1) is 0 Å². The number of hydrogen-bond donors (Lipinski definition) is 0. The van der Waals surface area contributed by atoms with Gasteiger partial charge in [0, 0.05) is 11.1 Å². The molecule has 1 aliphatic rings.